The van der Waals surface area contributed by atoms with Gasteiger partial charge in [0.15, 0.2) is 5.96 Å². The first kappa shape index (κ1) is 24.7. The number of alkyl halides is 3. The van der Waals surface area contributed by atoms with Crippen LogP contribution in [0.1, 0.15) is 40.0 Å². The van der Waals surface area contributed by atoms with Crippen molar-refractivity contribution in [1.82, 2.24) is 20.4 Å². The molecule has 0 bridgehead atoms. The minimum absolute atomic E-state index is 0. The van der Waals surface area contributed by atoms with Crippen LogP contribution in [0.3, 0.4) is 0 Å². The van der Waals surface area contributed by atoms with E-state index in [4.69, 9.17) is 0 Å². The molecule has 2 N–H and O–H groups in total. The molecule has 0 saturated carbocycles. The van der Waals surface area contributed by atoms with Gasteiger partial charge in [-0.05, 0) is 52.5 Å². The fraction of sp³-hybridized carbons (Fsp3) is 0.944. The molecule has 0 aromatic carbocycles. The molecule has 2 fully saturated rings. The van der Waals surface area contributed by atoms with Crippen LogP contribution in [0.2, 0.25) is 0 Å². The lowest BCUT2D eigenvalue weighted by atomic mass is 10.0. The number of likely N-dealkylation sites (tertiary alicyclic amines) is 2. The number of halogens is 4. The van der Waals surface area contributed by atoms with Crippen LogP contribution in [0.4, 0.5) is 13.2 Å². The summed E-state index contributed by atoms with van der Waals surface area (Å²) in [7, 11) is 0. The molecule has 2 saturated heterocycles. The van der Waals surface area contributed by atoms with Crippen LogP contribution in [0.15, 0.2) is 4.99 Å². The molecule has 160 valence electrons. The Bertz CT molecular complexity index is 451. The zero-order valence-corrected chi connectivity index (χ0v) is 19.0. The maximum atomic E-state index is 12.5. The summed E-state index contributed by atoms with van der Waals surface area (Å²) in [6, 6.07) is 0.993. The second-order valence-corrected chi connectivity index (χ2v) is 7.77. The second-order valence-electron chi connectivity index (χ2n) is 7.77. The van der Waals surface area contributed by atoms with Crippen molar-refractivity contribution < 1.29 is 13.2 Å². The summed E-state index contributed by atoms with van der Waals surface area (Å²) >= 11 is 0. The summed E-state index contributed by atoms with van der Waals surface area (Å²) in [5.74, 6) is 1.00. The van der Waals surface area contributed by atoms with Gasteiger partial charge in [0.25, 0.3) is 0 Å². The van der Waals surface area contributed by atoms with Gasteiger partial charge in [0.1, 0.15) is 0 Å². The quantitative estimate of drug-likeness (QED) is 0.331. The van der Waals surface area contributed by atoms with Gasteiger partial charge in [-0.2, -0.15) is 13.2 Å². The Morgan fingerprint density at radius 3 is 2.37 bits per heavy atom. The van der Waals surface area contributed by atoms with E-state index in [9.17, 15) is 13.2 Å². The van der Waals surface area contributed by atoms with Crippen LogP contribution in [0.25, 0.3) is 0 Å². The van der Waals surface area contributed by atoms with Crippen molar-refractivity contribution in [3.05, 3.63) is 0 Å². The number of hydrogen-bond acceptors (Lipinski definition) is 3. The number of guanidine groups is 1. The van der Waals surface area contributed by atoms with E-state index >= 15 is 0 Å². The van der Waals surface area contributed by atoms with Crippen molar-refractivity contribution >= 4 is 29.9 Å². The summed E-state index contributed by atoms with van der Waals surface area (Å²) in [5, 5.41) is 6.78. The molecule has 0 amide bonds. The fourth-order valence-electron chi connectivity index (χ4n) is 3.75. The molecular formula is C18H35F3IN5. The van der Waals surface area contributed by atoms with Gasteiger partial charge < -0.3 is 15.5 Å². The van der Waals surface area contributed by atoms with Gasteiger partial charge in [-0.25, -0.2) is 0 Å². The molecule has 2 aliphatic heterocycles. The Balaban J connectivity index is 0.00000364. The monoisotopic (exact) mass is 505 g/mol. The van der Waals surface area contributed by atoms with Gasteiger partial charge in [-0.15, -0.1) is 24.0 Å². The van der Waals surface area contributed by atoms with E-state index in [1.165, 1.54) is 4.90 Å². The third-order valence-corrected chi connectivity index (χ3v) is 5.23. The molecule has 0 spiro atoms. The molecule has 1 unspecified atom stereocenters. The van der Waals surface area contributed by atoms with Crippen LogP contribution in [-0.2, 0) is 0 Å². The first-order valence-electron chi connectivity index (χ1n) is 9.84. The highest BCUT2D eigenvalue weighted by molar-refractivity contribution is 14.0. The number of nitrogens with zero attached hydrogens (tertiary/aromatic N) is 3. The molecule has 0 aromatic heterocycles. The number of rotatable bonds is 6. The van der Waals surface area contributed by atoms with E-state index in [1.54, 1.807) is 0 Å². The SMILES string of the molecule is CCNC(=NCC1CCN(CC(F)(F)F)C1)NC1CCN(C(C)C)CC1.I. The first-order chi connectivity index (χ1) is 12.3. The highest BCUT2D eigenvalue weighted by atomic mass is 127. The van der Waals surface area contributed by atoms with Gasteiger partial charge in [-0.1, -0.05) is 0 Å². The molecule has 2 rings (SSSR count). The van der Waals surface area contributed by atoms with E-state index in [0.29, 0.717) is 31.7 Å². The van der Waals surface area contributed by atoms with Crippen LogP contribution < -0.4 is 10.6 Å². The molecule has 2 aliphatic rings. The van der Waals surface area contributed by atoms with Crippen molar-refractivity contribution in [3.63, 3.8) is 0 Å². The molecular weight excluding hydrogens is 470 g/mol. The summed E-state index contributed by atoms with van der Waals surface area (Å²) in [4.78, 5) is 8.62. The minimum Gasteiger partial charge on any atom is -0.357 e. The normalized spacial score (nSPS) is 23.5. The van der Waals surface area contributed by atoms with Gasteiger partial charge in [-0.3, -0.25) is 9.89 Å². The highest BCUT2D eigenvalue weighted by Gasteiger charge is 2.34. The third kappa shape index (κ3) is 9.17. The molecule has 5 nitrogen and oxygen atoms in total. The van der Waals surface area contributed by atoms with Crippen LogP contribution in [0, 0.1) is 5.92 Å². The fourth-order valence-corrected chi connectivity index (χ4v) is 3.75. The van der Waals surface area contributed by atoms with Crippen molar-refractivity contribution in [1.29, 1.82) is 0 Å². The molecule has 0 radical (unpaired) electrons. The molecule has 9 heteroatoms. The average Bonchev–Trinajstić information content (AvgIpc) is 2.98. The van der Waals surface area contributed by atoms with Crippen molar-refractivity contribution in [2.24, 2.45) is 10.9 Å². The van der Waals surface area contributed by atoms with Gasteiger partial charge in [0.2, 0.25) is 0 Å². The Labute approximate surface area is 178 Å². The highest BCUT2D eigenvalue weighted by Crippen LogP contribution is 2.23. The molecule has 1 atom stereocenters. The third-order valence-electron chi connectivity index (χ3n) is 5.23. The van der Waals surface area contributed by atoms with Crippen LogP contribution in [0.5, 0.6) is 0 Å². The summed E-state index contributed by atoms with van der Waals surface area (Å²) in [6.45, 7) is 10.2. The van der Waals surface area contributed by atoms with Crippen LogP contribution in [-0.4, -0.2) is 79.8 Å². The second kappa shape index (κ2) is 11.6. The van der Waals surface area contributed by atoms with E-state index < -0.39 is 12.7 Å². The maximum absolute atomic E-state index is 12.5. The predicted octanol–water partition coefficient (Wildman–Crippen LogP) is 2.92. The predicted molar refractivity (Wildman–Crippen MR) is 115 cm³/mol. The molecule has 0 aliphatic carbocycles. The van der Waals surface area contributed by atoms with E-state index in [2.05, 4.69) is 34.4 Å². The molecule has 27 heavy (non-hydrogen) atoms. The minimum atomic E-state index is -4.11. The zero-order chi connectivity index (χ0) is 19.2. The van der Waals surface area contributed by atoms with Gasteiger partial charge in [0, 0.05) is 44.8 Å². The van der Waals surface area contributed by atoms with E-state index in [1.807, 2.05) is 6.92 Å². The maximum Gasteiger partial charge on any atom is 0.401 e. The smallest absolute Gasteiger partial charge is 0.357 e. The Morgan fingerprint density at radius 2 is 1.81 bits per heavy atom. The molecule has 2 heterocycles. The summed E-state index contributed by atoms with van der Waals surface area (Å²) in [5.41, 5.74) is 0. The lowest BCUT2D eigenvalue weighted by Gasteiger charge is -2.35. The Kier molecular flexibility index (Phi) is 10.7. The summed E-state index contributed by atoms with van der Waals surface area (Å²) < 4.78 is 37.5. The van der Waals surface area contributed by atoms with E-state index in [-0.39, 0.29) is 29.9 Å². The first-order valence-corrected chi connectivity index (χ1v) is 9.84. The van der Waals surface area contributed by atoms with E-state index in [0.717, 1.165) is 44.9 Å². The van der Waals surface area contributed by atoms with Gasteiger partial charge in [0.05, 0.1) is 6.54 Å². The van der Waals surface area contributed by atoms with Crippen molar-refractivity contribution in [2.75, 3.05) is 45.8 Å². The topological polar surface area (TPSA) is 42.9 Å². The van der Waals surface area contributed by atoms with Crippen molar-refractivity contribution in [3.8, 4) is 0 Å². The Morgan fingerprint density at radius 1 is 1.15 bits per heavy atom. The summed E-state index contributed by atoms with van der Waals surface area (Å²) in [6.07, 6.45) is -1.15. The lowest BCUT2D eigenvalue weighted by Crippen LogP contribution is -2.50. The number of aliphatic imine (C=N–C) groups is 1. The van der Waals surface area contributed by atoms with Gasteiger partial charge >= 0.3 is 6.18 Å². The standard InChI is InChI=1S/C18H34F3N5.HI/c1-4-22-17(24-16-6-9-26(10-7-16)14(2)3)23-11-15-5-8-25(12-15)13-18(19,20)21;/h14-16H,4-13H2,1-3H3,(H2,22,23,24);1H. The molecule has 0 aromatic rings. The number of piperidine rings is 1. The largest absolute Gasteiger partial charge is 0.401 e. The lowest BCUT2D eigenvalue weighted by molar-refractivity contribution is -0.143. The van der Waals surface area contributed by atoms with Crippen molar-refractivity contribution in [2.45, 2.75) is 58.3 Å². The average molecular weight is 505 g/mol. The zero-order valence-electron chi connectivity index (χ0n) is 16.7. The number of nitrogens with one attached hydrogen (secondary N) is 2. The Hall–Kier alpha value is -0.290. The number of hydrogen-bond donors (Lipinski definition) is 2. The van der Waals surface area contributed by atoms with Crippen LogP contribution >= 0.6 is 24.0 Å².